The van der Waals surface area contributed by atoms with E-state index in [1.165, 1.54) is 0 Å². The highest BCUT2D eigenvalue weighted by Crippen LogP contribution is 2.32. The summed E-state index contributed by atoms with van der Waals surface area (Å²) in [5.41, 5.74) is 3.39. The molecule has 0 unspecified atom stereocenters. The number of hydrogen-bond acceptors (Lipinski definition) is 3. The van der Waals surface area contributed by atoms with Crippen molar-refractivity contribution in [2.24, 2.45) is 0 Å². The number of carbonyl (C=O) groups is 1. The summed E-state index contributed by atoms with van der Waals surface area (Å²) in [4.78, 5) is 20.9. The van der Waals surface area contributed by atoms with E-state index in [2.05, 4.69) is 13.8 Å². The zero-order valence-corrected chi connectivity index (χ0v) is 19.2. The molecule has 4 nitrogen and oxygen atoms in total. The lowest BCUT2D eigenvalue weighted by Gasteiger charge is -2.21. The number of hydrogen-bond donors (Lipinski definition) is 0. The highest BCUT2D eigenvalue weighted by Gasteiger charge is 2.22. The Bertz CT molecular complexity index is 995. The second kappa shape index (κ2) is 9.88. The summed E-state index contributed by atoms with van der Waals surface area (Å²) < 4.78 is 1.96. The van der Waals surface area contributed by atoms with Gasteiger partial charge in [0.1, 0.15) is 0 Å². The van der Waals surface area contributed by atoms with Crippen molar-refractivity contribution in [3.8, 4) is 11.3 Å². The number of pyridine rings is 1. The molecular weight excluding hydrogens is 425 g/mol. The van der Waals surface area contributed by atoms with Gasteiger partial charge in [-0.05, 0) is 37.3 Å². The topological polar surface area (TPSA) is 37.6 Å². The minimum Gasteiger partial charge on any atom is -0.342 e. The van der Waals surface area contributed by atoms with Crippen LogP contribution in [0.1, 0.15) is 32.4 Å². The van der Waals surface area contributed by atoms with Gasteiger partial charge in [-0.15, -0.1) is 11.8 Å². The Morgan fingerprint density at radius 2 is 1.76 bits per heavy atom. The third kappa shape index (κ3) is 4.90. The Kier molecular flexibility index (Phi) is 7.49. The van der Waals surface area contributed by atoms with Crippen molar-refractivity contribution in [2.45, 2.75) is 38.0 Å². The number of carbonyl (C=O) groups excluding carboxylic acids is 1. The maximum atomic E-state index is 13.1. The number of thioether (sulfide) groups is 1. The number of amides is 1. The quantitative estimate of drug-likeness (QED) is 0.383. The van der Waals surface area contributed by atoms with E-state index in [1.54, 1.807) is 11.8 Å². The molecule has 3 aromatic rings. The van der Waals surface area contributed by atoms with Crippen molar-refractivity contribution >= 4 is 46.5 Å². The molecule has 0 aliphatic rings. The predicted octanol–water partition coefficient (Wildman–Crippen LogP) is 6.22. The molecule has 1 amide bonds. The zero-order valence-electron chi connectivity index (χ0n) is 16.9. The summed E-state index contributed by atoms with van der Waals surface area (Å²) in [6.07, 6.45) is 5.98. The molecule has 0 aliphatic carbocycles. The largest absolute Gasteiger partial charge is 0.342 e. The first-order chi connectivity index (χ1) is 14.0. The van der Waals surface area contributed by atoms with Gasteiger partial charge >= 0.3 is 0 Å². The van der Waals surface area contributed by atoms with Gasteiger partial charge in [0.05, 0.1) is 27.7 Å². The number of benzene rings is 1. The summed E-state index contributed by atoms with van der Waals surface area (Å²) >= 11 is 14.0. The third-order valence-electron chi connectivity index (χ3n) is 4.75. The first kappa shape index (κ1) is 22.0. The molecule has 0 saturated carbocycles. The van der Waals surface area contributed by atoms with Gasteiger partial charge in [-0.2, -0.15) is 0 Å². The third-order valence-corrected chi connectivity index (χ3v) is 5.95. The van der Waals surface area contributed by atoms with E-state index in [4.69, 9.17) is 28.2 Å². The number of fused-ring (bicyclic) bond motifs is 1. The molecule has 2 aromatic heterocycles. The lowest BCUT2D eigenvalue weighted by atomic mass is 10.1. The van der Waals surface area contributed by atoms with Crippen molar-refractivity contribution < 1.29 is 4.79 Å². The highest BCUT2D eigenvalue weighted by molar-refractivity contribution is 7.98. The Hall–Kier alpha value is -1.69. The zero-order chi connectivity index (χ0) is 21.0. The molecule has 1 aromatic carbocycles. The molecule has 0 saturated heterocycles. The Balaban J connectivity index is 2.14. The predicted molar refractivity (Wildman–Crippen MR) is 123 cm³/mol. The fourth-order valence-corrected chi connectivity index (χ4v) is 4.41. The molecule has 0 fully saturated rings. The smallest absolute Gasteiger partial charge is 0.228 e. The van der Waals surface area contributed by atoms with Gasteiger partial charge in [0.2, 0.25) is 5.91 Å². The van der Waals surface area contributed by atoms with Crippen molar-refractivity contribution in [1.29, 1.82) is 0 Å². The Morgan fingerprint density at radius 1 is 1.10 bits per heavy atom. The van der Waals surface area contributed by atoms with E-state index in [0.717, 1.165) is 53.4 Å². The molecule has 0 atom stereocenters. The maximum absolute atomic E-state index is 13.1. The molecule has 3 rings (SSSR count). The molecule has 2 heterocycles. The van der Waals surface area contributed by atoms with Gasteiger partial charge in [-0.3, -0.25) is 4.79 Å². The molecular formula is C22H25Cl2N3OS. The van der Waals surface area contributed by atoms with Crippen LogP contribution in [-0.4, -0.2) is 39.5 Å². The first-order valence-electron chi connectivity index (χ1n) is 9.76. The van der Waals surface area contributed by atoms with E-state index in [1.807, 2.05) is 52.1 Å². The van der Waals surface area contributed by atoms with Crippen molar-refractivity contribution in [2.75, 3.05) is 19.3 Å². The average molecular weight is 450 g/mol. The second-order valence-electron chi connectivity index (χ2n) is 6.89. The standard InChI is InChI=1S/C22H25Cl2N3OS/c1-4-10-26(11-5-2)20(28)13-18-21(15-6-8-16(23)9-7-15)25-22-19(29-3)12-17(24)14-27(18)22/h6-9,12,14H,4-5,10-11,13H2,1-3H3. The van der Waals surface area contributed by atoms with E-state index in [-0.39, 0.29) is 12.3 Å². The SMILES string of the molecule is CCCN(CCC)C(=O)Cc1c(-c2ccc(Cl)cc2)nc2c(SC)cc(Cl)cn12. The van der Waals surface area contributed by atoms with Gasteiger partial charge < -0.3 is 9.30 Å². The van der Waals surface area contributed by atoms with Crippen LogP contribution in [-0.2, 0) is 11.2 Å². The summed E-state index contributed by atoms with van der Waals surface area (Å²) in [5, 5.41) is 1.29. The Labute approximate surface area is 186 Å². The monoisotopic (exact) mass is 449 g/mol. The number of halogens is 2. The molecule has 0 aliphatic heterocycles. The molecule has 29 heavy (non-hydrogen) atoms. The van der Waals surface area contributed by atoms with Gasteiger partial charge in [0.15, 0.2) is 5.65 Å². The van der Waals surface area contributed by atoms with Crippen molar-refractivity contribution in [1.82, 2.24) is 14.3 Å². The minimum atomic E-state index is 0.108. The van der Waals surface area contributed by atoms with E-state index in [0.29, 0.717) is 10.0 Å². The van der Waals surface area contributed by atoms with Crippen LogP contribution in [0.15, 0.2) is 41.4 Å². The summed E-state index contributed by atoms with van der Waals surface area (Å²) in [6, 6.07) is 9.47. The van der Waals surface area contributed by atoms with Crippen LogP contribution in [0, 0.1) is 0 Å². The number of aromatic nitrogens is 2. The summed E-state index contributed by atoms with van der Waals surface area (Å²) in [5.74, 6) is 0.108. The lowest BCUT2D eigenvalue weighted by molar-refractivity contribution is -0.130. The lowest BCUT2D eigenvalue weighted by Crippen LogP contribution is -2.34. The molecule has 0 spiro atoms. The molecule has 0 radical (unpaired) electrons. The summed E-state index contributed by atoms with van der Waals surface area (Å²) in [6.45, 7) is 5.70. The molecule has 154 valence electrons. The van der Waals surface area contributed by atoms with Crippen LogP contribution < -0.4 is 0 Å². The van der Waals surface area contributed by atoms with Crippen LogP contribution in [0.3, 0.4) is 0 Å². The van der Waals surface area contributed by atoms with Crippen LogP contribution in [0.5, 0.6) is 0 Å². The van der Waals surface area contributed by atoms with E-state index >= 15 is 0 Å². The Morgan fingerprint density at radius 3 is 2.34 bits per heavy atom. The number of nitrogens with zero attached hydrogens (tertiary/aromatic N) is 3. The fraction of sp³-hybridized carbons (Fsp3) is 0.364. The normalized spacial score (nSPS) is 11.2. The van der Waals surface area contributed by atoms with E-state index in [9.17, 15) is 4.79 Å². The minimum absolute atomic E-state index is 0.108. The molecule has 0 N–H and O–H groups in total. The van der Waals surface area contributed by atoms with Gasteiger partial charge in [-0.25, -0.2) is 4.98 Å². The van der Waals surface area contributed by atoms with Crippen molar-refractivity contribution in [3.05, 3.63) is 52.3 Å². The molecule has 7 heteroatoms. The van der Waals surface area contributed by atoms with Crippen LogP contribution in [0.4, 0.5) is 0 Å². The number of rotatable bonds is 8. The van der Waals surface area contributed by atoms with Gasteiger partial charge in [-0.1, -0.05) is 49.2 Å². The number of imidazole rings is 1. The summed E-state index contributed by atoms with van der Waals surface area (Å²) in [7, 11) is 0. The fourth-order valence-electron chi connectivity index (χ4n) is 3.44. The molecule has 0 bridgehead atoms. The van der Waals surface area contributed by atoms with E-state index < -0.39 is 0 Å². The van der Waals surface area contributed by atoms with Gasteiger partial charge in [0.25, 0.3) is 0 Å². The van der Waals surface area contributed by atoms with Crippen LogP contribution in [0.2, 0.25) is 10.0 Å². The second-order valence-corrected chi connectivity index (χ2v) is 8.61. The van der Waals surface area contributed by atoms with Crippen LogP contribution >= 0.6 is 35.0 Å². The van der Waals surface area contributed by atoms with Crippen LogP contribution in [0.25, 0.3) is 16.9 Å². The maximum Gasteiger partial charge on any atom is 0.228 e. The first-order valence-corrected chi connectivity index (χ1v) is 11.7. The highest BCUT2D eigenvalue weighted by atomic mass is 35.5. The van der Waals surface area contributed by atoms with Gasteiger partial charge in [0, 0.05) is 29.9 Å². The average Bonchev–Trinajstić information content (AvgIpc) is 3.06. The van der Waals surface area contributed by atoms with Crippen molar-refractivity contribution in [3.63, 3.8) is 0 Å².